The van der Waals surface area contributed by atoms with Crippen LogP contribution in [0.3, 0.4) is 0 Å². The van der Waals surface area contributed by atoms with Crippen LogP contribution in [0.1, 0.15) is 56.9 Å². The van der Waals surface area contributed by atoms with Crippen molar-refractivity contribution in [3.05, 3.63) is 23.9 Å². The predicted molar refractivity (Wildman–Crippen MR) is 133 cm³/mol. The van der Waals surface area contributed by atoms with Crippen LogP contribution in [0.25, 0.3) is 0 Å². The Labute approximate surface area is 194 Å². The number of anilines is 1. The zero-order valence-electron chi connectivity index (χ0n) is 20.3. The number of nitrogens with zero attached hydrogens (tertiary/aromatic N) is 5. The fraction of sp³-hybridized carbons (Fsp3) is 0.760. The molecule has 3 heterocycles. The highest BCUT2D eigenvalue weighted by molar-refractivity contribution is 5.79. The van der Waals surface area contributed by atoms with Crippen LogP contribution >= 0.6 is 0 Å². The Morgan fingerprint density at radius 3 is 2.31 bits per heavy atom. The van der Waals surface area contributed by atoms with E-state index in [0.29, 0.717) is 5.54 Å². The first kappa shape index (κ1) is 23.3. The van der Waals surface area contributed by atoms with Gasteiger partial charge in [0.15, 0.2) is 5.96 Å². The first-order valence-corrected chi connectivity index (χ1v) is 12.8. The number of aliphatic imine (C=N–C) groups is 1. The summed E-state index contributed by atoms with van der Waals surface area (Å²) in [6.45, 7) is 8.57. The molecule has 2 saturated heterocycles. The van der Waals surface area contributed by atoms with Crippen molar-refractivity contribution in [3.63, 3.8) is 0 Å². The second kappa shape index (κ2) is 11.3. The number of piperazine rings is 1. The molecule has 0 aromatic carbocycles. The van der Waals surface area contributed by atoms with Crippen LogP contribution in [-0.4, -0.2) is 86.2 Å². The molecule has 7 heteroatoms. The largest absolute Gasteiger partial charge is 0.355 e. The molecule has 0 bridgehead atoms. The molecule has 2 aliphatic heterocycles. The lowest BCUT2D eigenvalue weighted by Gasteiger charge is -2.48. The summed E-state index contributed by atoms with van der Waals surface area (Å²) >= 11 is 0. The van der Waals surface area contributed by atoms with E-state index in [9.17, 15) is 0 Å². The molecule has 0 atom stereocenters. The molecule has 178 valence electrons. The van der Waals surface area contributed by atoms with Gasteiger partial charge in [-0.25, -0.2) is 4.98 Å². The molecule has 7 nitrogen and oxygen atoms in total. The molecule has 1 aromatic heterocycles. The van der Waals surface area contributed by atoms with Crippen LogP contribution in [0.2, 0.25) is 0 Å². The number of hydrogen-bond acceptors (Lipinski definition) is 5. The average Bonchev–Trinajstić information content (AvgIpc) is 2.86. The van der Waals surface area contributed by atoms with Crippen molar-refractivity contribution in [2.45, 2.75) is 63.5 Å². The highest BCUT2D eigenvalue weighted by Gasteiger charge is 2.38. The third kappa shape index (κ3) is 5.93. The van der Waals surface area contributed by atoms with Gasteiger partial charge in [-0.3, -0.25) is 9.89 Å². The van der Waals surface area contributed by atoms with Crippen LogP contribution in [0.5, 0.6) is 0 Å². The SMILES string of the molecule is CN=C(NCc1ccc(N2CCN(C)CC2)nc1)NCC1(N2CCCCC2)CCCCC1. The Morgan fingerprint density at radius 1 is 0.938 bits per heavy atom. The van der Waals surface area contributed by atoms with Crippen molar-refractivity contribution in [1.82, 2.24) is 25.4 Å². The van der Waals surface area contributed by atoms with Gasteiger partial charge in [-0.15, -0.1) is 0 Å². The van der Waals surface area contributed by atoms with E-state index < -0.39 is 0 Å². The van der Waals surface area contributed by atoms with E-state index in [4.69, 9.17) is 4.98 Å². The van der Waals surface area contributed by atoms with Gasteiger partial charge in [-0.05, 0) is 57.5 Å². The van der Waals surface area contributed by atoms with Gasteiger partial charge in [-0.1, -0.05) is 31.7 Å². The van der Waals surface area contributed by atoms with Gasteiger partial charge < -0.3 is 20.4 Å². The summed E-state index contributed by atoms with van der Waals surface area (Å²) in [6.07, 6.45) is 12.8. The minimum Gasteiger partial charge on any atom is -0.355 e. The second-order valence-corrected chi connectivity index (χ2v) is 9.93. The molecule has 1 saturated carbocycles. The number of guanidine groups is 1. The maximum atomic E-state index is 4.72. The third-order valence-corrected chi connectivity index (χ3v) is 7.72. The van der Waals surface area contributed by atoms with E-state index in [2.05, 4.69) is 49.5 Å². The van der Waals surface area contributed by atoms with Crippen LogP contribution in [0, 0.1) is 0 Å². The molecule has 3 aliphatic rings. The highest BCUT2D eigenvalue weighted by atomic mass is 15.3. The van der Waals surface area contributed by atoms with Gasteiger partial charge in [0.05, 0.1) is 0 Å². The average molecular weight is 442 g/mol. The fourth-order valence-corrected chi connectivity index (χ4v) is 5.58. The Kier molecular flexibility index (Phi) is 8.25. The zero-order valence-corrected chi connectivity index (χ0v) is 20.3. The van der Waals surface area contributed by atoms with Gasteiger partial charge in [0, 0.05) is 58.1 Å². The lowest BCUT2D eigenvalue weighted by atomic mass is 9.79. The molecule has 2 N–H and O–H groups in total. The molecular formula is C25H43N7. The number of nitrogens with one attached hydrogen (secondary N) is 2. The zero-order chi connectivity index (χ0) is 22.2. The monoisotopic (exact) mass is 441 g/mol. The molecular weight excluding hydrogens is 398 g/mol. The van der Waals surface area contributed by atoms with E-state index in [0.717, 1.165) is 51.0 Å². The summed E-state index contributed by atoms with van der Waals surface area (Å²) < 4.78 is 0. The number of pyridine rings is 1. The van der Waals surface area contributed by atoms with Crippen molar-refractivity contribution in [2.75, 3.05) is 64.8 Å². The second-order valence-electron chi connectivity index (χ2n) is 9.93. The molecule has 0 unspecified atom stereocenters. The van der Waals surface area contributed by atoms with E-state index in [1.54, 1.807) is 0 Å². The summed E-state index contributed by atoms with van der Waals surface area (Å²) in [4.78, 5) is 16.8. The Balaban J connectivity index is 1.28. The molecule has 3 fully saturated rings. The minimum atomic E-state index is 0.308. The van der Waals surface area contributed by atoms with Crippen molar-refractivity contribution < 1.29 is 0 Å². The maximum Gasteiger partial charge on any atom is 0.191 e. The summed E-state index contributed by atoms with van der Waals surface area (Å²) in [5, 5.41) is 7.19. The molecule has 0 radical (unpaired) electrons. The summed E-state index contributed by atoms with van der Waals surface area (Å²) in [7, 11) is 4.06. The van der Waals surface area contributed by atoms with Crippen LogP contribution in [-0.2, 0) is 6.54 Å². The van der Waals surface area contributed by atoms with E-state index in [1.165, 1.54) is 70.0 Å². The Bertz CT molecular complexity index is 712. The topological polar surface area (TPSA) is 59.0 Å². The quantitative estimate of drug-likeness (QED) is 0.523. The number of rotatable bonds is 6. The van der Waals surface area contributed by atoms with Crippen molar-refractivity contribution in [3.8, 4) is 0 Å². The first-order valence-electron chi connectivity index (χ1n) is 12.8. The van der Waals surface area contributed by atoms with Gasteiger partial charge in [0.1, 0.15) is 5.82 Å². The van der Waals surface area contributed by atoms with Crippen LogP contribution in [0.4, 0.5) is 5.82 Å². The number of aromatic nitrogens is 1. The Hall–Kier alpha value is -1.86. The lowest BCUT2D eigenvalue weighted by Crippen LogP contribution is -2.59. The number of likely N-dealkylation sites (N-methyl/N-ethyl adjacent to an activating group) is 1. The molecule has 0 amide bonds. The normalized spacial score (nSPS) is 23.2. The lowest BCUT2D eigenvalue weighted by molar-refractivity contribution is 0.0368. The predicted octanol–water partition coefficient (Wildman–Crippen LogP) is 2.69. The fourth-order valence-electron chi connectivity index (χ4n) is 5.58. The van der Waals surface area contributed by atoms with Gasteiger partial charge >= 0.3 is 0 Å². The van der Waals surface area contributed by atoms with E-state index in [1.807, 2.05) is 13.2 Å². The smallest absolute Gasteiger partial charge is 0.191 e. The Morgan fingerprint density at radius 2 is 1.66 bits per heavy atom. The number of piperidine rings is 1. The summed E-state index contributed by atoms with van der Waals surface area (Å²) in [6, 6.07) is 4.35. The standard InChI is InChI=1S/C25H43N7/c1-26-24(29-21-25(11-5-3-6-12-25)32-13-7-4-8-14-32)28-20-22-9-10-23(27-19-22)31-17-15-30(2)16-18-31/h9-10,19H,3-8,11-18,20-21H2,1-2H3,(H2,26,28,29). The van der Waals surface area contributed by atoms with Gasteiger partial charge in [-0.2, -0.15) is 0 Å². The third-order valence-electron chi connectivity index (χ3n) is 7.72. The first-order chi connectivity index (χ1) is 15.7. The highest BCUT2D eigenvalue weighted by Crippen LogP contribution is 2.35. The van der Waals surface area contributed by atoms with Gasteiger partial charge in [0.2, 0.25) is 0 Å². The molecule has 32 heavy (non-hydrogen) atoms. The van der Waals surface area contributed by atoms with Gasteiger partial charge in [0.25, 0.3) is 0 Å². The van der Waals surface area contributed by atoms with Crippen LogP contribution in [0.15, 0.2) is 23.3 Å². The maximum absolute atomic E-state index is 4.72. The van der Waals surface area contributed by atoms with Crippen molar-refractivity contribution in [1.29, 1.82) is 0 Å². The van der Waals surface area contributed by atoms with E-state index >= 15 is 0 Å². The molecule has 1 aromatic rings. The number of hydrogen-bond donors (Lipinski definition) is 2. The minimum absolute atomic E-state index is 0.308. The van der Waals surface area contributed by atoms with Crippen molar-refractivity contribution in [2.24, 2.45) is 4.99 Å². The summed E-state index contributed by atoms with van der Waals surface area (Å²) in [5.41, 5.74) is 1.50. The number of likely N-dealkylation sites (tertiary alicyclic amines) is 1. The van der Waals surface area contributed by atoms with E-state index in [-0.39, 0.29) is 0 Å². The molecule has 1 aliphatic carbocycles. The molecule has 4 rings (SSSR count). The van der Waals surface area contributed by atoms with Crippen LogP contribution < -0.4 is 15.5 Å². The summed E-state index contributed by atoms with van der Waals surface area (Å²) in [5.74, 6) is 1.99. The van der Waals surface area contributed by atoms with Crippen molar-refractivity contribution >= 4 is 11.8 Å². The molecule has 0 spiro atoms.